The number of hydrogen-bond donors (Lipinski definition) is 3. The van der Waals surface area contributed by atoms with Gasteiger partial charge in [-0.3, -0.25) is 4.79 Å². The van der Waals surface area contributed by atoms with E-state index in [9.17, 15) is 13.2 Å². The fourth-order valence-corrected chi connectivity index (χ4v) is 4.86. The summed E-state index contributed by atoms with van der Waals surface area (Å²) in [5.74, 6) is -0.141. The predicted octanol–water partition coefficient (Wildman–Crippen LogP) is 0.545. The number of carbonyl (C=O) groups excluding carboxylic acids is 1. The molecule has 0 aromatic carbocycles. The molecular weight excluding hydrogens is 356 g/mol. The molecule has 0 aliphatic carbocycles. The van der Waals surface area contributed by atoms with E-state index in [0.29, 0.717) is 18.8 Å². The van der Waals surface area contributed by atoms with Gasteiger partial charge in [-0.1, -0.05) is 0 Å². The minimum atomic E-state index is -3.68. The number of nitrogens with one attached hydrogen (secondary N) is 3. The van der Waals surface area contributed by atoms with Crippen LogP contribution in [0.5, 0.6) is 0 Å². The average Bonchev–Trinajstić information content (AvgIpc) is 3.33. The summed E-state index contributed by atoms with van der Waals surface area (Å²) < 4.78 is 33.4. The molecule has 26 heavy (non-hydrogen) atoms. The number of aromatic amines is 1. The Kier molecular flexibility index (Phi) is 6.01. The molecule has 146 valence electrons. The van der Waals surface area contributed by atoms with Gasteiger partial charge in [0.15, 0.2) is 0 Å². The SMILES string of the molecule is COCC1(CNS(=O)(=O)c2c[nH]c(C(=O)N3CCCC3)c2)CCNCC1. The molecule has 2 aliphatic heterocycles. The van der Waals surface area contributed by atoms with Crippen molar-refractivity contribution in [3.63, 3.8) is 0 Å². The number of hydrogen-bond acceptors (Lipinski definition) is 5. The van der Waals surface area contributed by atoms with Crippen molar-refractivity contribution in [2.75, 3.05) is 46.4 Å². The van der Waals surface area contributed by atoms with Gasteiger partial charge in [-0.25, -0.2) is 13.1 Å². The largest absolute Gasteiger partial charge is 0.384 e. The Morgan fingerprint density at radius 2 is 2.00 bits per heavy atom. The molecule has 2 saturated heterocycles. The van der Waals surface area contributed by atoms with Crippen molar-refractivity contribution in [1.29, 1.82) is 0 Å². The maximum Gasteiger partial charge on any atom is 0.270 e. The number of carbonyl (C=O) groups is 1. The van der Waals surface area contributed by atoms with Crippen LogP contribution in [0.2, 0.25) is 0 Å². The molecule has 1 aromatic rings. The summed E-state index contributed by atoms with van der Waals surface area (Å²) in [5.41, 5.74) is 0.123. The summed E-state index contributed by atoms with van der Waals surface area (Å²) in [4.78, 5) is 17.0. The molecule has 2 aliphatic rings. The van der Waals surface area contributed by atoms with Gasteiger partial charge in [-0.2, -0.15) is 0 Å². The average molecular weight is 385 g/mol. The van der Waals surface area contributed by atoms with E-state index in [2.05, 4.69) is 15.0 Å². The first-order chi connectivity index (χ1) is 12.5. The normalized spacial score (nSPS) is 20.4. The van der Waals surface area contributed by atoms with Crippen LogP contribution in [0.1, 0.15) is 36.2 Å². The van der Waals surface area contributed by atoms with Crippen LogP contribution in [0.3, 0.4) is 0 Å². The van der Waals surface area contributed by atoms with E-state index in [-0.39, 0.29) is 16.2 Å². The highest BCUT2D eigenvalue weighted by Gasteiger charge is 2.34. The van der Waals surface area contributed by atoms with Crippen LogP contribution in [0, 0.1) is 5.41 Å². The zero-order valence-corrected chi connectivity index (χ0v) is 16.0. The molecule has 3 N–H and O–H groups in total. The van der Waals surface area contributed by atoms with Crippen LogP contribution in [-0.2, 0) is 14.8 Å². The predicted molar refractivity (Wildman–Crippen MR) is 97.5 cm³/mol. The number of likely N-dealkylation sites (tertiary alicyclic amines) is 1. The number of ether oxygens (including phenoxy) is 1. The molecule has 0 saturated carbocycles. The molecule has 1 amide bonds. The number of amides is 1. The number of methoxy groups -OCH3 is 1. The van der Waals surface area contributed by atoms with Crippen molar-refractivity contribution in [3.05, 3.63) is 18.0 Å². The lowest BCUT2D eigenvalue weighted by Gasteiger charge is -2.37. The van der Waals surface area contributed by atoms with Crippen molar-refractivity contribution in [1.82, 2.24) is 19.9 Å². The van der Waals surface area contributed by atoms with Crippen LogP contribution in [0.4, 0.5) is 0 Å². The van der Waals surface area contributed by atoms with E-state index < -0.39 is 10.0 Å². The third-order valence-corrected chi connectivity index (χ3v) is 6.72. The smallest absolute Gasteiger partial charge is 0.270 e. The molecule has 3 rings (SSSR count). The Bertz CT molecular complexity index is 713. The lowest BCUT2D eigenvalue weighted by molar-refractivity contribution is 0.0577. The number of aromatic nitrogens is 1. The van der Waals surface area contributed by atoms with Gasteiger partial charge in [0, 0.05) is 38.4 Å². The Balaban J connectivity index is 1.67. The molecule has 0 bridgehead atoms. The van der Waals surface area contributed by atoms with Gasteiger partial charge in [-0.15, -0.1) is 0 Å². The number of piperidine rings is 1. The van der Waals surface area contributed by atoms with Crippen LogP contribution in [0.15, 0.2) is 17.2 Å². The maximum atomic E-state index is 12.7. The fourth-order valence-electron chi connectivity index (χ4n) is 3.71. The van der Waals surface area contributed by atoms with Gasteiger partial charge >= 0.3 is 0 Å². The molecule has 8 nitrogen and oxygen atoms in total. The number of H-pyrrole nitrogens is 1. The first-order valence-electron chi connectivity index (χ1n) is 9.13. The van der Waals surface area contributed by atoms with Crippen molar-refractivity contribution in [2.45, 2.75) is 30.6 Å². The highest BCUT2D eigenvalue weighted by Crippen LogP contribution is 2.29. The molecule has 0 unspecified atom stereocenters. The van der Waals surface area contributed by atoms with Gasteiger partial charge in [0.05, 0.1) is 6.61 Å². The molecular formula is C17H28N4O4S. The highest BCUT2D eigenvalue weighted by molar-refractivity contribution is 7.89. The van der Waals surface area contributed by atoms with E-state index >= 15 is 0 Å². The van der Waals surface area contributed by atoms with Crippen LogP contribution in [0.25, 0.3) is 0 Å². The van der Waals surface area contributed by atoms with E-state index in [1.54, 1.807) is 12.0 Å². The zero-order valence-electron chi connectivity index (χ0n) is 15.2. The summed E-state index contributed by atoms with van der Waals surface area (Å²) in [6.07, 6.45) is 5.09. The molecule has 9 heteroatoms. The van der Waals surface area contributed by atoms with Crippen molar-refractivity contribution in [3.8, 4) is 0 Å². The van der Waals surface area contributed by atoms with E-state index in [1.807, 2.05) is 0 Å². The van der Waals surface area contributed by atoms with E-state index in [0.717, 1.165) is 51.9 Å². The van der Waals surface area contributed by atoms with E-state index in [4.69, 9.17) is 4.74 Å². The number of rotatable bonds is 7. The third kappa shape index (κ3) is 4.28. The van der Waals surface area contributed by atoms with Gasteiger partial charge in [-0.05, 0) is 44.8 Å². The molecule has 2 fully saturated rings. The second-order valence-corrected chi connectivity index (χ2v) is 9.02. The standard InChI is InChI=1S/C17H28N4O4S/c1-25-13-17(4-6-18-7-5-17)12-20-26(23,24)14-10-15(19-11-14)16(22)21-8-2-3-9-21/h10-11,18-20H,2-9,12-13H2,1H3. The minimum Gasteiger partial charge on any atom is -0.384 e. The Morgan fingerprint density at radius 3 is 2.65 bits per heavy atom. The summed E-state index contributed by atoms with van der Waals surface area (Å²) in [6.45, 7) is 4.00. The second kappa shape index (κ2) is 8.08. The second-order valence-electron chi connectivity index (χ2n) is 7.26. The maximum absolute atomic E-state index is 12.7. The molecule has 0 atom stereocenters. The van der Waals surface area contributed by atoms with Crippen molar-refractivity contribution >= 4 is 15.9 Å². The zero-order chi connectivity index (χ0) is 18.6. The fraction of sp³-hybridized carbons (Fsp3) is 0.706. The third-order valence-electron chi connectivity index (χ3n) is 5.34. The quantitative estimate of drug-likeness (QED) is 0.637. The minimum absolute atomic E-state index is 0.0987. The first kappa shape index (κ1) is 19.3. The topological polar surface area (TPSA) is 104 Å². The lowest BCUT2D eigenvalue weighted by Crippen LogP contribution is -2.47. The Morgan fingerprint density at radius 1 is 1.31 bits per heavy atom. The first-order valence-corrected chi connectivity index (χ1v) is 10.6. The van der Waals surface area contributed by atoms with Crippen molar-refractivity contribution < 1.29 is 17.9 Å². The molecule has 3 heterocycles. The van der Waals surface area contributed by atoms with E-state index in [1.165, 1.54) is 12.3 Å². The summed E-state index contributed by atoms with van der Waals surface area (Å²) in [7, 11) is -2.04. The summed E-state index contributed by atoms with van der Waals surface area (Å²) in [5, 5.41) is 3.29. The summed E-state index contributed by atoms with van der Waals surface area (Å²) in [6, 6.07) is 1.43. The molecule has 0 spiro atoms. The Hall–Kier alpha value is -1.42. The van der Waals surface area contributed by atoms with Gasteiger partial charge in [0.2, 0.25) is 10.0 Å². The summed E-state index contributed by atoms with van der Waals surface area (Å²) >= 11 is 0. The van der Waals surface area contributed by atoms with Crippen LogP contribution >= 0.6 is 0 Å². The van der Waals surface area contributed by atoms with Crippen LogP contribution in [-0.4, -0.2) is 70.6 Å². The van der Waals surface area contributed by atoms with Crippen molar-refractivity contribution in [2.24, 2.45) is 5.41 Å². The molecule has 0 radical (unpaired) electrons. The number of nitrogens with zero attached hydrogens (tertiary/aromatic N) is 1. The Labute approximate surface area is 154 Å². The molecule has 1 aromatic heterocycles. The highest BCUT2D eigenvalue weighted by atomic mass is 32.2. The van der Waals surface area contributed by atoms with Gasteiger partial charge < -0.3 is 19.9 Å². The van der Waals surface area contributed by atoms with Crippen LogP contribution < -0.4 is 10.0 Å². The number of sulfonamides is 1. The van der Waals surface area contributed by atoms with Gasteiger partial charge in [0.25, 0.3) is 5.91 Å². The monoisotopic (exact) mass is 384 g/mol. The van der Waals surface area contributed by atoms with Gasteiger partial charge in [0.1, 0.15) is 10.6 Å². The lowest BCUT2D eigenvalue weighted by atomic mass is 9.80.